The zero-order chi connectivity index (χ0) is 25.3. The maximum atomic E-state index is 13.9. The van der Waals surface area contributed by atoms with Crippen molar-refractivity contribution in [3.8, 4) is 5.75 Å². The summed E-state index contributed by atoms with van der Waals surface area (Å²) < 4.78 is 13.0. The Balaban J connectivity index is 2.04. The normalized spacial score (nSPS) is 18.4. The Kier molecular flexibility index (Phi) is 8.05. The van der Waals surface area contributed by atoms with Crippen molar-refractivity contribution in [3.63, 3.8) is 0 Å². The summed E-state index contributed by atoms with van der Waals surface area (Å²) in [7, 11) is -0.225. The van der Waals surface area contributed by atoms with Crippen LogP contribution in [0.4, 0.5) is 0 Å². The lowest BCUT2D eigenvalue weighted by Gasteiger charge is -2.42. The van der Waals surface area contributed by atoms with Crippen molar-refractivity contribution >= 4 is 30.2 Å². The molecule has 0 saturated heterocycles. The highest BCUT2D eigenvalue weighted by Gasteiger charge is 2.50. The molecule has 2 aromatic rings. The van der Waals surface area contributed by atoms with Gasteiger partial charge in [0.05, 0.1) is 12.6 Å². The Morgan fingerprint density at radius 2 is 1.74 bits per heavy atom. The van der Waals surface area contributed by atoms with Gasteiger partial charge in [0.25, 0.3) is 5.91 Å². The molecule has 6 heteroatoms. The number of aryl methyl sites for hydroxylation is 1. The summed E-state index contributed by atoms with van der Waals surface area (Å²) >= 11 is 3.70. The zero-order valence-corrected chi connectivity index (χ0v) is 24.6. The Labute approximate surface area is 215 Å². The van der Waals surface area contributed by atoms with Crippen molar-refractivity contribution in [2.45, 2.75) is 84.1 Å². The molecule has 0 aromatic heterocycles. The molecule has 34 heavy (non-hydrogen) atoms. The van der Waals surface area contributed by atoms with Crippen LogP contribution >= 0.6 is 15.9 Å². The number of ether oxygens (including phenoxy) is 1. The van der Waals surface area contributed by atoms with E-state index in [0.717, 1.165) is 51.7 Å². The van der Waals surface area contributed by atoms with Crippen LogP contribution in [0.2, 0.25) is 18.1 Å². The maximum Gasteiger partial charge on any atom is 0.255 e. The Bertz CT molecular complexity index is 1030. The number of amides is 1. The van der Waals surface area contributed by atoms with Gasteiger partial charge in [-0.3, -0.25) is 4.79 Å². The van der Waals surface area contributed by atoms with Crippen LogP contribution in [0.5, 0.6) is 5.75 Å². The summed E-state index contributed by atoms with van der Waals surface area (Å²) in [5, 5.41) is 0.150. The van der Waals surface area contributed by atoms with Gasteiger partial charge in [-0.05, 0) is 78.9 Å². The van der Waals surface area contributed by atoms with Gasteiger partial charge in [0.2, 0.25) is 0 Å². The molecule has 0 radical (unpaired) electrons. The number of methoxy groups -OCH3 is 1. The van der Waals surface area contributed by atoms with E-state index >= 15 is 0 Å². The average molecular weight is 547 g/mol. The highest BCUT2D eigenvalue weighted by atomic mass is 79.9. The smallest absolute Gasteiger partial charge is 0.255 e. The van der Waals surface area contributed by atoms with Crippen molar-refractivity contribution in [3.05, 3.63) is 63.1 Å². The largest absolute Gasteiger partial charge is 0.497 e. The monoisotopic (exact) mass is 545 g/mol. The molecule has 0 N–H and O–H groups in total. The Morgan fingerprint density at radius 1 is 1.09 bits per heavy atom. The van der Waals surface area contributed by atoms with Crippen molar-refractivity contribution in [1.82, 2.24) is 4.90 Å². The second kappa shape index (κ2) is 10.2. The van der Waals surface area contributed by atoms with Crippen LogP contribution < -0.4 is 4.74 Å². The summed E-state index contributed by atoms with van der Waals surface area (Å²) in [4.78, 5) is 16.0. The number of carbonyl (C=O) groups excluding carboxylic acids is 1. The molecule has 0 saturated carbocycles. The summed E-state index contributed by atoms with van der Waals surface area (Å²) in [6.07, 6.45) is 2.67. The van der Waals surface area contributed by atoms with Crippen LogP contribution in [0, 0.1) is 6.92 Å². The van der Waals surface area contributed by atoms with E-state index in [9.17, 15) is 4.79 Å². The summed E-state index contributed by atoms with van der Waals surface area (Å²) in [5.41, 5.74) is 3.73. The third-order valence-corrected chi connectivity index (χ3v) is 12.7. The fourth-order valence-electron chi connectivity index (χ4n) is 4.77. The van der Waals surface area contributed by atoms with Crippen molar-refractivity contribution in [1.29, 1.82) is 0 Å². The van der Waals surface area contributed by atoms with E-state index in [0.29, 0.717) is 13.2 Å². The molecule has 1 heterocycles. The zero-order valence-electron chi connectivity index (χ0n) is 22.0. The predicted molar refractivity (Wildman–Crippen MR) is 146 cm³/mol. The van der Waals surface area contributed by atoms with Gasteiger partial charge < -0.3 is 14.1 Å². The molecule has 1 unspecified atom stereocenters. The molecule has 1 amide bonds. The minimum Gasteiger partial charge on any atom is -0.497 e. The molecule has 0 bridgehead atoms. The number of hydrogen-bond acceptors (Lipinski definition) is 3. The maximum absolute atomic E-state index is 13.9. The van der Waals surface area contributed by atoms with Gasteiger partial charge in [0.15, 0.2) is 8.32 Å². The van der Waals surface area contributed by atoms with Gasteiger partial charge in [0.1, 0.15) is 5.75 Å². The van der Waals surface area contributed by atoms with Crippen molar-refractivity contribution in [2.24, 2.45) is 0 Å². The average Bonchev–Trinajstić information content (AvgIpc) is 2.96. The first-order chi connectivity index (χ1) is 15.9. The van der Waals surface area contributed by atoms with E-state index in [-0.39, 0.29) is 10.9 Å². The van der Waals surface area contributed by atoms with Gasteiger partial charge in [-0.2, -0.15) is 0 Å². The Hall–Kier alpha value is -1.63. The fourth-order valence-corrected chi connectivity index (χ4v) is 6.39. The first-order valence-corrected chi connectivity index (χ1v) is 16.0. The SMILES string of the molecule is CCCC1(CCO[Si](C)(C)C(C)(C)C)c2cc(Br)cc(C)c2C(=O)N1Cc1ccc(OC)cc1. The third kappa shape index (κ3) is 5.14. The van der Waals surface area contributed by atoms with Crippen LogP contribution in [-0.4, -0.2) is 32.8 Å². The fraction of sp³-hybridized carbons (Fsp3) is 0.536. The van der Waals surface area contributed by atoms with Crippen molar-refractivity contribution < 1.29 is 14.0 Å². The highest BCUT2D eigenvalue weighted by molar-refractivity contribution is 9.10. The van der Waals surface area contributed by atoms with E-state index in [2.05, 4.69) is 85.9 Å². The second-order valence-electron chi connectivity index (χ2n) is 11.0. The van der Waals surface area contributed by atoms with E-state index in [1.807, 2.05) is 19.1 Å². The highest BCUT2D eigenvalue weighted by Crippen LogP contribution is 2.48. The van der Waals surface area contributed by atoms with Gasteiger partial charge in [0, 0.05) is 23.2 Å². The lowest BCUT2D eigenvalue weighted by molar-refractivity contribution is 0.0400. The minimum absolute atomic E-state index is 0.122. The molecular formula is C28H40BrNO3Si. The molecule has 3 rings (SSSR count). The number of benzene rings is 2. The summed E-state index contributed by atoms with van der Waals surface area (Å²) in [6.45, 7) is 16.9. The molecule has 1 atom stereocenters. The lowest BCUT2D eigenvalue weighted by Crippen LogP contribution is -2.46. The van der Waals surface area contributed by atoms with E-state index in [1.165, 1.54) is 0 Å². The van der Waals surface area contributed by atoms with E-state index in [1.54, 1.807) is 7.11 Å². The molecule has 0 aliphatic carbocycles. The molecule has 0 fully saturated rings. The van der Waals surface area contributed by atoms with Crippen LogP contribution in [0.1, 0.15) is 74.0 Å². The van der Waals surface area contributed by atoms with Gasteiger partial charge in [-0.25, -0.2) is 0 Å². The van der Waals surface area contributed by atoms with Gasteiger partial charge in [-0.15, -0.1) is 0 Å². The first kappa shape index (κ1) is 27.0. The lowest BCUT2D eigenvalue weighted by atomic mass is 9.81. The van der Waals surface area contributed by atoms with Crippen LogP contribution in [0.25, 0.3) is 0 Å². The topological polar surface area (TPSA) is 38.8 Å². The molecule has 0 spiro atoms. The molecule has 186 valence electrons. The summed E-state index contributed by atoms with van der Waals surface area (Å²) in [6, 6.07) is 12.3. The number of fused-ring (bicyclic) bond motifs is 1. The Morgan fingerprint density at radius 3 is 2.29 bits per heavy atom. The van der Waals surface area contributed by atoms with E-state index in [4.69, 9.17) is 9.16 Å². The van der Waals surface area contributed by atoms with E-state index < -0.39 is 13.9 Å². The standard InChI is InChI=1S/C28H40BrNO3Si/c1-9-14-28(15-16-33-34(7,8)27(3,4)5)24-18-22(29)17-20(2)25(24)26(31)30(28)19-21-10-12-23(32-6)13-11-21/h10-13,17-18H,9,14-16,19H2,1-8H3. The second-order valence-corrected chi connectivity index (χ2v) is 16.7. The molecule has 1 aliphatic heterocycles. The number of nitrogens with zero attached hydrogens (tertiary/aromatic N) is 1. The number of hydrogen-bond donors (Lipinski definition) is 0. The minimum atomic E-state index is -1.90. The van der Waals surface area contributed by atoms with Gasteiger partial charge in [-0.1, -0.05) is 62.2 Å². The number of rotatable bonds is 9. The van der Waals surface area contributed by atoms with Crippen LogP contribution in [-0.2, 0) is 16.5 Å². The van der Waals surface area contributed by atoms with Crippen LogP contribution in [0.15, 0.2) is 40.9 Å². The predicted octanol–water partition coefficient (Wildman–Crippen LogP) is 7.83. The van der Waals surface area contributed by atoms with Gasteiger partial charge >= 0.3 is 0 Å². The molecule has 1 aliphatic rings. The van der Waals surface area contributed by atoms with Crippen molar-refractivity contribution in [2.75, 3.05) is 13.7 Å². The van der Waals surface area contributed by atoms with Crippen LogP contribution in [0.3, 0.4) is 0 Å². The molecular weight excluding hydrogens is 506 g/mol. The molecule has 4 nitrogen and oxygen atoms in total. The third-order valence-electron chi connectivity index (χ3n) is 7.73. The quantitative estimate of drug-likeness (QED) is 0.301. The summed E-state index contributed by atoms with van der Waals surface area (Å²) in [5.74, 6) is 0.943. The molecule has 2 aromatic carbocycles. The number of halogens is 1. The number of carbonyl (C=O) groups is 1. The first-order valence-electron chi connectivity index (χ1n) is 12.3.